The number of carboxylic acids is 1. The fourth-order valence-corrected chi connectivity index (χ4v) is 3.25. The predicted octanol–water partition coefficient (Wildman–Crippen LogP) is 2.87. The summed E-state index contributed by atoms with van der Waals surface area (Å²) >= 11 is 4.86. The zero-order chi connectivity index (χ0) is 13.4. The Morgan fingerprint density at radius 1 is 1.53 bits per heavy atom. The van der Waals surface area contributed by atoms with E-state index in [1.165, 1.54) is 11.3 Å². The molecule has 1 saturated heterocycles. The van der Waals surface area contributed by atoms with Gasteiger partial charge in [-0.3, -0.25) is 0 Å². The lowest BCUT2D eigenvalue weighted by atomic mass is 10.2. The first-order valence-electron chi connectivity index (χ1n) is 5.60. The number of halogens is 1. The van der Waals surface area contributed by atoms with Crippen LogP contribution in [0.4, 0.5) is 0 Å². The van der Waals surface area contributed by atoms with E-state index in [1.807, 2.05) is 11.4 Å². The molecule has 0 radical (unpaired) electrons. The molecule has 19 heavy (non-hydrogen) atoms. The van der Waals surface area contributed by atoms with Crippen LogP contribution < -0.4 is 0 Å². The van der Waals surface area contributed by atoms with Crippen LogP contribution in [0, 0.1) is 0 Å². The lowest BCUT2D eigenvalue weighted by molar-refractivity contribution is -0.150. The van der Waals surface area contributed by atoms with Crippen molar-refractivity contribution in [2.75, 3.05) is 0 Å². The van der Waals surface area contributed by atoms with E-state index in [0.29, 0.717) is 24.6 Å². The molecular formula is C11H9BrN2O4S. The standard InChI is InChI=1S/C11H9BrN2O4S/c12-5-3-8(19-4-5)9-13-10(18-14-9)6-1-2-7(17-6)11(15)16/h3-4,6-7H,1-2H2,(H,15,16). The van der Waals surface area contributed by atoms with Crippen LogP contribution in [0.2, 0.25) is 0 Å². The minimum Gasteiger partial charge on any atom is -0.479 e. The van der Waals surface area contributed by atoms with E-state index in [4.69, 9.17) is 14.4 Å². The fraction of sp³-hybridized carbons (Fsp3) is 0.364. The van der Waals surface area contributed by atoms with Gasteiger partial charge < -0.3 is 14.4 Å². The van der Waals surface area contributed by atoms with E-state index in [2.05, 4.69) is 26.1 Å². The quantitative estimate of drug-likeness (QED) is 0.921. The lowest BCUT2D eigenvalue weighted by Gasteiger charge is -2.05. The average molecular weight is 345 g/mol. The Kier molecular flexibility index (Phi) is 3.38. The van der Waals surface area contributed by atoms with Crippen molar-refractivity contribution in [2.45, 2.75) is 25.0 Å². The van der Waals surface area contributed by atoms with Gasteiger partial charge in [-0.15, -0.1) is 11.3 Å². The van der Waals surface area contributed by atoms with Gasteiger partial charge in [0.25, 0.3) is 5.89 Å². The van der Waals surface area contributed by atoms with Crippen molar-refractivity contribution in [3.63, 3.8) is 0 Å². The highest BCUT2D eigenvalue weighted by molar-refractivity contribution is 9.10. The Hall–Kier alpha value is -1.25. The smallest absolute Gasteiger partial charge is 0.332 e. The molecule has 0 aromatic carbocycles. The van der Waals surface area contributed by atoms with Crippen LogP contribution in [0.5, 0.6) is 0 Å². The van der Waals surface area contributed by atoms with Gasteiger partial charge in [0.1, 0.15) is 6.10 Å². The molecule has 2 aromatic rings. The van der Waals surface area contributed by atoms with Crippen LogP contribution in [0.15, 0.2) is 20.4 Å². The molecule has 2 unspecified atom stereocenters. The number of nitrogens with zero attached hydrogens (tertiary/aromatic N) is 2. The molecule has 1 aliphatic rings. The molecule has 3 heterocycles. The van der Waals surface area contributed by atoms with Gasteiger partial charge in [-0.25, -0.2) is 4.79 Å². The van der Waals surface area contributed by atoms with Crippen molar-refractivity contribution in [3.8, 4) is 10.7 Å². The van der Waals surface area contributed by atoms with E-state index < -0.39 is 18.2 Å². The molecule has 1 aliphatic heterocycles. The third kappa shape index (κ3) is 2.56. The van der Waals surface area contributed by atoms with Gasteiger partial charge in [-0.2, -0.15) is 4.98 Å². The van der Waals surface area contributed by atoms with Crippen molar-refractivity contribution in [3.05, 3.63) is 21.8 Å². The van der Waals surface area contributed by atoms with Gasteiger partial charge in [-0.1, -0.05) is 5.16 Å². The fourth-order valence-electron chi connectivity index (χ4n) is 1.90. The Labute approximate surface area is 120 Å². The topological polar surface area (TPSA) is 85.5 Å². The average Bonchev–Trinajstić information content (AvgIpc) is 3.07. The first-order valence-corrected chi connectivity index (χ1v) is 7.27. The van der Waals surface area contributed by atoms with Crippen molar-refractivity contribution < 1.29 is 19.2 Å². The van der Waals surface area contributed by atoms with Crippen LogP contribution in [0.25, 0.3) is 10.7 Å². The minimum atomic E-state index is -0.954. The lowest BCUT2D eigenvalue weighted by Crippen LogP contribution is -2.18. The molecule has 0 saturated carbocycles. The number of rotatable bonds is 3. The minimum absolute atomic E-state index is 0.336. The van der Waals surface area contributed by atoms with Gasteiger partial charge in [0.05, 0.1) is 4.88 Å². The first kappa shape index (κ1) is 12.8. The molecule has 2 aromatic heterocycles. The van der Waals surface area contributed by atoms with Gasteiger partial charge in [0, 0.05) is 9.85 Å². The summed E-state index contributed by atoms with van der Waals surface area (Å²) in [5.74, 6) is -0.124. The van der Waals surface area contributed by atoms with E-state index in [1.54, 1.807) is 0 Å². The van der Waals surface area contributed by atoms with Gasteiger partial charge in [-0.05, 0) is 34.8 Å². The molecule has 1 N–H and O–H groups in total. The monoisotopic (exact) mass is 344 g/mol. The summed E-state index contributed by atoms with van der Waals surface area (Å²) in [4.78, 5) is 16.0. The van der Waals surface area contributed by atoms with E-state index >= 15 is 0 Å². The molecule has 8 heteroatoms. The van der Waals surface area contributed by atoms with E-state index in [0.717, 1.165) is 9.35 Å². The number of thiophene rings is 1. The molecule has 100 valence electrons. The maximum atomic E-state index is 10.8. The molecule has 0 amide bonds. The van der Waals surface area contributed by atoms with Crippen molar-refractivity contribution >= 4 is 33.2 Å². The molecule has 6 nitrogen and oxygen atoms in total. The Morgan fingerprint density at radius 3 is 3.00 bits per heavy atom. The molecular weight excluding hydrogens is 336 g/mol. The van der Waals surface area contributed by atoms with Gasteiger partial charge >= 0.3 is 5.97 Å². The van der Waals surface area contributed by atoms with Crippen LogP contribution >= 0.6 is 27.3 Å². The summed E-state index contributed by atoms with van der Waals surface area (Å²) in [6.07, 6.45) is -0.170. The zero-order valence-corrected chi connectivity index (χ0v) is 12.0. The van der Waals surface area contributed by atoms with Gasteiger partial charge in [0.15, 0.2) is 6.10 Å². The highest BCUT2D eigenvalue weighted by atomic mass is 79.9. The van der Waals surface area contributed by atoms with E-state index in [-0.39, 0.29) is 0 Å². The number of carboxylic acid groups (broad SMARTS) is 1. The summed E-state index contributed by atoms with van der Waals surface area (Å²) < 4.78 is 11.5. The van der Waals surface area contributed by atoms with Crippen LogP contribution in [0.1, 0.15) is 24.8 Å². The summed E-state index contributed by atoms with van der Waals surface area (Å²) in [6, 6.07) is 1.90. The second kappa shape index (κ2) is 5.03. The normalized spacial score (nSPS) is 22.8. The number of aromatic nitrogens is 2. The summed E-state index contributed by atoms with van der Waals surface area (Å²) in [5.41, 5.74) is 0. The third-order valence-electron chi connectivity index (χ3n) is 2.80. The first-order chi connectivity index (χ1) is 9.13. The Balaban J connectivity index is 1.77. The molecule has 0 bridgehead atoms. The maximum Gasteiger partial charge on any atom is 0.332 e. The second-order valence-electron chi connectivity index (χ2n) is 4.11. The maximum absolute atomic E-state index is 10.8. The summed E-state index contributed by atoms with van der Waals surface area (Å²) in [6.45, 7) is 0. The van der Waals surface area contributed by atoms with Crippen molar-refractivity contribution in [1.29, 1.82) is 0 Å². The van der Waals surface area contributed by atoms with Gasteiger partial charge in [0.2, 0.25) is 5.82 Å². The Bertz CT molecular complexity index is 611. The highest BCUT2D eigenvalue weighted by Gasteiger charge is 2.34. The predicted molar refractivity (Wildman–Crippen MR) is 69.8 cm³/mol. The van der Waals surface area contributed by atoms with Crippen molar-refractivity contribution in [2.24, 2.45) is 0 Å². The molecule has 0 aliphatic carbocycles. The number of aliphatic carboxylic acids is 1. The number of ether oxygens (including phenoxy) is 1. The number of carbonyl (C=O) groups is 1. The van der Waals surface area contributed by atoms with Crippen LogP contribution in [0.3, 0.4) is 0 Å². The molecule has 3 rings (SSSR count). The summed E-state index contributed by atoms with van der Waals surface area (Å²) in [7, 11) is 0. The highest BCUT2D eigenvalue weighted by Crippen LogP contribution is 2.34. The number of hydrogen-bond acceptors (Lipinski definition) is 6. The van der Waals surface area contributed by atoms with E-state index in [9.17, 15) is 4.79 Å². The Morgan fingerprint density at radius 2 is 2.37 bits per heavy atom. The van der Waals surface area contributed by atoms with Crippen molar-refractivity contribution in [1.82, 2.24) is 10.1 Å². The molecule has 0 spiro atoms. The van der Waals surface area contributed by atoms with Crippen LogP contribution in [-0.2, 0) is 9.53 Å². The largest absolute Gasteiger partial charge is 0.479 e. The van der Waals surface area contributed by atoms with Crippen LogP contribution in [-0.4, -0.2) is 27.3 Å². The zero-order valence-electron chi connectivity index (χ0n) is 9.58. The SMILES string of the molecule is O=C(O)C1CCC(c2nc(-c3cc(Br)cs3)no2)O1. The summed E-state index contributed by atoms with van der Waals surface area (Å²) in [5, 5.41) is 14.7. The third-order valence-corrected chi connectivity index (χ3v) is 4.49. The second-order valence-corrected chi connectivity index (χ2v) is 5.94. The molecule has 1 fully saturated rings. The molecule has 2 atom stereocenters. The number of hydrogen-bond donors (Lipinski definition) is 1.